The topological polar surface area (TPSA) is 166 Å². The second kappa shape index (κ2) is 45.0. The van der Waals surface area contributed by atoms with Gasteiger partial charge in [0, 0.05) is 0 Å². The van der Waals surface area contributed by atoms with E-state index < -0.39 is 202 Å². The van der Waals surface area contributed by atoms with Gasteiger partial charge in [-0.3, -0.25) is 0 Å². The molecule has 0 aliphatic heterocycles. The molecular formula is C56H152O18Si23. The fraction of sp³-hybridized carbons (Fsp3) is 0.786. The minimum absolute atomic E-state index is 0.939. The van der Waals surface area contributed by atoms with Crippen molar-refractivity contribution in [2.45, 2.75) is 288 Å². The van der Waals surface area contributed by atoms with Gasteiger partial charge in [0.05, 0.1) is 0 Å². The summed E-state index contributed by atoms with van der Waals surface area (Å²) >= 11 is 0. The highest BCUT2D eigenvalue weighted by atomic mass is 28.5. The van der Waals surface area contributed by atoms with Crippen LogP contribution in [0.1, 0.15) is 0 Å². The summed E-state index contributed by atoms with van der Waals surface area (Å²) in [6.07, 6.45) is 0. The fourth-order valence-corrected chi connectivity index (χ4v) is 85.4. The molecule has 0 aliphatic carbocycles. The molecule has 0 saturated carbocycles. The summed E-state index contributed by atoms with van der Waals surface area (Å²) in [5, 5.41) is 2.21. The Hall–Kier alpha value is 2.71. The summed E-state index contributed by atoms with van der Waals surface area (Å²) in [7, 11) is -39.2. The molecule has 6 unspecified atom stereocenters. The molecule has 0 bridgehead atoms. The van der Waals surface area contributed by atoms with Gasteiger partial charge >= 0.3 is 43.8 Å². The Morgan fingerprint density at radius 3 is 0.701 bits per heavy atom. The average molecular weight is 1760 g/mol. The standard InChI is InChI=1S/C21H38O4Si5.C12H40O6Si7.C9H28O3Si4.C7H24O3Si4.C7H22O2Si3/c1-26(22-27(2,3)4)23-30(20-16-12-10-13-17-20,21-18-14-11-15-19-21)25-29(8,9)24-28(5,6)7;1-19(16-23(4,5)6)13-22(14-20(2)17-24(7,8)9)15-21(3)18-25(10,11)12;1-13(10-14(2,3)4)11-16(8,9)12-15(5,6)7;1-11(2)8-13(5)10-14(6,7)9-12(3)4;1-10(8-11(2,3)4)9-12(5,6)7/h10-19,26H,1-9H3;19-22H,1-12H3;13H,1-9H3;11-13H,1-7H3;10H,1-7H3. The number of benzene rings is 2. The Morgan fingerprint density at radius 1 is 0.206 bits per heavy atom. The zero-order valence-corrected chi connectivity index (χ0v) is 94.9. The molecule has 0 fully saturated rings. The first-order chi connectivity index (χ1) is 42.8. The van der Waals surface area contributed by atoms with Crippen molar-refractivity contribution >= 4 is 212 Å². The summed E-state index contributed by atoms with van der Waals surface area (Å²) in [5.74, 6) is 0. The van der Waals surface area contributed by atoms with Crippen LogP contribution in [0.25, 0.3) is 0 Å². The van der Waals surface area contributed by atoms with E-state index in [9.17, 15) is 0 Å². The predicted molar refractivity (Wildman–Crippen MR) is 476 cm³/mol. The molecule has 18 nitrogen and oxygen atoms in total. The van der Waals surface area contributed by atoms with Gasteiger partial charge in [-0.1, -0.05) is 60.7 Å². The van der Waals surface area contributed by atoms with Crippen LogP contribution in [0.2, 0.25) is 288 Å². The minimum atomic E-state index is -3.03. The van der Waals surface area contributed by atoms with E-state index in [1.165, 1.54) is 0 Å². The molecule has 6 atom stereocenters. The molecule has 0 spiro atoms. The molecule has 0 N–H and O–H groups in total. The van der Waals surface area contributed by atoms with Gasteiger partial charge in [-0.25, -0.2) is 0 Å². The largest absolute Gasteiger partial charge is 0.456 e. The van der Waals surface area contributed by atoms with E-state index in [2.05, 4.69) is 337 Å². The SMILES string of the molecule is C[SiH](C)O[SiH](C)O[Si](C)(C)O[SiH](C)C.C[SiH](O[SiH](O[SiH](C)O[Si](C)(C)C)O[SiH](C)O[Si](C)(C)C)O[Si](C)(C)C.C[SiH](O[Si](C)(C)C)O[Si](C)(C)C.C[SiH](O[Si](C)(C)C)O[Si](C)(C)O[Si](C)(C)C.C[SiH](O[Si](C)(C)C)O[Si](O[Si](C)(C)O[Si](C)(C)C)(c1ccccc1)c1ccccc1. The smallest absolute Gasteiger partial charge is 0.442 e. The monoisotopic (exact) mass is 1760 g/mol. The minimum Gasteiger partial charge on any atom is -0.442 e. The van der Waals surface area contributed by atoms with E-state index in [1.54, 1.807) is 0 Å². The Labute approximate surface area is 629 Å². The average Bonchev–Trinajstić information content (AvgIpc) is 0.764. The maximum atomic E-state index is 7.10. The molecule has 0 aromatic heterocycles. The van der Waals surface area contributed by atoms with Gasteiger partial charge < -0.3 is 74.1 Å². The Bertz CT molecular complexity index is 2270. The first kappa shape index (κ1) is 104. The number of rotatable bonds is 38. The second-order valence-electron chi connectivity index (χ2n) is 35.1. The maximum Gasteiger partial charge on any atom is 0.456 e. The molecule has 0 saturated heterocycles. The summed E-state index contributed by atoms with van der Waals surface area (Å²) in [6.45, 7) is 95.5. The normalized spacial score (nSPS) is 15.9. The zero-order chi connectivity index (χ0) is 77.2. The number of hydrogen-bond donors (Lipinski definition) is 0. The molecule has 0 amide bonds. The van der Waals surface area contributed by atoms with Crippen molar-refractivity contribution in [2.75, 3.05) is 0 Å². The molecule has 576 valence electrons. The fourth-order valence-electron chi connectivity index (χ4n) is 9.87. The van der Waals surface area contributed by atoms with Crippen molar-refractivity contribution < 1.29 is 74.1 Å². The van der Waals surface area contributed by atoms with Gasteiger partial charge in [-0.2, -0.15) is 0 Å². The quantitative estimate of drug-likeness (QED) is 0.0582. The molecule has 0 radical (unpaired) electrons. The van der Waals surface area contributed by atoms with E-state index in [0.717, 1.165) is 10.4 Å². The second-order valence-corrected chi connectivity index (χ2v) is 114. The lowest BCUT2D eigenvalue weighted by molar-refractivity contribution is 0.252. The van der Waals surface area contributed by atoms with Crippen molar-refractivity contribution in [3.05, 3.63) is 60.7 Å². The van der Waals surface area contributed by atoms with Crippen LogP contribution in [0.5, 0.6) is 0 Å². The summed E-state index contributed by atoms with van der Waals surface area (Å²) in [5.41, 5.74) is 0. The molecule has 0 heterocycles. The third-order valence-corrected chi connectivity index (χ3v) is 78.8. The highest BCUT2D eigenvalue weighted by Crippen LogP contribution is 2.25. The van der Waals surface area contributed by atoms with Crippen LogP contribution in [0, 0.1) is 0 Å². The van der Waals surface area contributed by atoms with Crippen molar-refractivity contribution in [3.63, 3.8) is 0 Å². The Balaban J connectivity index is -0.00000119. The lowest BCUT2D eigenvalue weighted by atomic mass is 10.4. The summed E-state index contributed by atoms with van der Waals surface area (Å²) < 4.78 is 112. The highest BCUT2D eigenvalue weighted by Gasteiger charge is 2.51. The summed E-state index contributed by atoms with van der Waals surface area (Å²) in [6, 6.07) is 20.9. The first-order valence-electron chi connectivity index (χ1n) is 35.1. The van der Waals surface area contributed by atoms with Crippen LogP contribution in [0.4, 0.5) is 0 Å². The molecule has 97 heavy (non-hydrogen) atoms. The van der Waals surface area contributed by atoms with E-state index in [4.69, 9.17) is 74.1 Å². The van der Waals surface area contributed by atoms with Crippen LogP contribution in [-0.4, -0.2) is 202 Å². The zero-order valence-electron chi connectivity index (χ0n) is 70.4. The van der Waals surface area contributed by atoms with Gasteiger partial charge in [-0.05, 0) is 298 Å². The molecular weight excluding hydrogens is 1610 g/mol. The molecule has 41 heteroatoms. The van der Waals surface area contributed by atoms with E-state index in [0.29, 0.717) is 0 Å². The van der Waals surface area contributed by atoms with Gasteiger partial charge in [0.25, 0.3) is 65.0 Å². The van der Waals surface area contributed by atoms with Crippen LogP contribution in [0.3, 0.4) is 0 Å². The maximum absolute atomic E-state index is 7.10. The van der Waals surface area contributed by atoms with E-state index in [-0.39, 0.29) is 0 Å². The van der Waals surface area contributed by atoms with Gasteiger partial charge in [0.15, 0.2) is 92.9 Å². The first-order valence-corrected chi connectivity index (χ1v) is 97.7. The molecule has 2 rings (SSSR count). The number of hydrogen-bond acceptors (Lipinski definition) is 18. The Morgan fingerprint density at radius 2 is 0.443 bits per heavy atom. The van der Waals surface area contributed by atoms with Crippen molar-refractivity contribution in [2.24, 2.45) is 0 Å². The third kappa shape index (κ3) is 64.4. The van der Waals surface area contributed by atoms with Crippen molar-refractivity contribution in [1.29, 1.82) is 0 Å². The Kier molecular flexibility index (Phi) is 48.2. The lowest BCUT2D eigenvalue weighted by Crippen LogP contribution is -2.70. The predicted octanol–water partition coefficient (Wildman–Crippen LogP) is 14.7. The van der Waals surface area contributed by atoms with Gasteiger partial charge in [-0.15, -0.1) is 0 Å². The van der Waals surface area contributed by atoms with Crippen LogP contribution < -0.4 is 10.4 Å². The summed E-state index contributed by atoms with van der Waals surface area (Å²) in [4.78, 5) is 0. The van der Waals surface area contributed by atoms with Crippen LogP contribution in [-0.2, 0) is 74.1 Å². The highest BCUT2D eigenvalue weighted by molar-refractivity contribution is 7.01. The van der Waals surface area contributed by atoms with E-state index >= 15 is 0 Å². The van der Waals surface area contributed by atoms with Gasteiger partial charge in [0.1, 0.15) is 0 Å². The van der Waals surface area contributed by atoms with Crippen molar-refractivity contribution in [1.82, 2.24) is 0 Å². The van der Waals surface area contributed by atoms with Crippen LogP contribution >= 0.6 is 0 Å². The lowest BCUT2D eigenvalue weighted by Gasteiger charge is -2.42. The molecule has 2 aromatic carbocycles. The van der Waals surface area contributed by atoms with Crippen molar-refractivity contribution in [3.8, 4) is 0 Å². The van der Waals surface area contributed by atoms with E-state index in [1.807, 2.05) is 12.1 Å². The molecule has 0 aliphatic rings. The third-order valence-electron chi connectivity index (χ3n) is 10.6. The molecule has 2 aromatic rings. The van der Waals surface area contributed by atoms with Crippen LogP contribution in [0.15, 0.2) is 60.7 Å². The van der Waals surface area contributed by atoms with Gasteiger partial charge in [0.2, 0.25) is 0 Å².